The Morgan fingerprint density at radius 3 is 2.60 bits per heavy atom. The number of aryl methyl sites for hydroxylation is 1. The van der Waals surface area contributed by atoms with E-state index >= 15 is 4.79 Å². The van der Waals surface area contributed by atoms with Gasteiger partial charge in [0.25, 0.3) is 5.91 Å². The van der Waals surface area contributed by atoms with Gasteiger partial charge in [-0.2, -0.15) is 0 Å². The maximum absolute atomic E-state index is 15.1. The van der Waals surface area contributed by atoms with Gasteiger partial charge in [0.05, 0.1) is 42.7 Å². The summed E-state index contributed by atoms with van der Waals surface area (Å²) in [5, 5.41) is 18.8. The van der Waals surface area contributed by atoms with Crippen molar-refractivity contribution in [2.75, 3.05) is 47.1 Å². The van der Waals surface area contributed by atoms with E-state index in [0.717, 1.165) is 43.9 Å². The van der Waals surface area contributed by atoms with E-state index < -0.39 is 46.7 Å². The van der Waals surface area contributed by atoms with E-state index in [0.29, 0.717) is 50.0 Å². The van der Waals surface area contributed by atoms with Crippen molar-refractivity contribution in [2.24, 2.45) is 17.3 Å². The van der Waals surface area contributed by atoms with Crippen molar-refractivity contribution >= 4 is 52.3 Å². The van der Waals surface area contributed by atoms with Crippen molar-refractivity contribution in [1.29, 1.82) is 0 Å². The number of benzene rings is 2. The molecule has 7 heterocycles. The fourth-order valence-corrected chi connectivity index (χ4v) is 11.9. The number of likely N-dealkylation sites (N-methyl/N-ethyl adjacent to an activating group) is 1. The van der Waals surface area contributed by atoms with Crippen LogP contribution in [0.5, 0.6) is 5.75 Å². The first-order valence-corrected chi connectivity index (χ1v) is 25.4. The maximum Gasteiger partial charge on any atom is 0.333 e. The predicted octanol–water partition coefficient (Wildman–Crippen LogP) is 6.14. The third kappa shape index (κ3) is 9.33. The second-order valence-corrected chi connectivity index (χ2v) is 21.6. The molecular formula is C53H65N7O9S. The number of thioether (sulfide) groups is 1. The Morgan fingerprint density at radius 2 is 1.89 bits per heavy atom. The monoisotopic (exact) mass is 975 g/mol. The average molecular weight is 976 g/mol. The summed E-state index contributed by atoms with van der Waals surface area (Å²) < 4.78 is 20.0. The number of rotatable bonds is 10. The standard InChI is InChI=1S/C53H65N7O9S/c1-9-58-42-14-13-33-23-39(42)40(47(58)38-12-10-16-54-45(38)31(4)67-8)24-52(5,6)29-69-51(66)53(43-28-70-43)15-11-17-60(56-53)50(65)41(20-32-18-34(33)22-37(61)19-32)55-48(63)46(30(2)3)57(7)49(64)35-21-36-26-68-27-44(62)59(36)25-35/h10,12-14,16,18-19,22-23,28,30-31,35-36,41,46,56,61H,9,11,15,17,20-21,24-27,29H2,1-8H3,(H,55,63)/t31-,35-,36+,41-,46-,53-/m0/s1. The molecule has 5 aliphatic rings. The molecule has 4 aromatic rings. The SMILES string of the molecule is CCn1c(-c2cccnc2[C@H](C)OC)c2c3cc(ccc31)-c1cc(O)cc(c1)C[C@H](NC(=O)[C@H](C(C)C)N(C)C(=O)[C@H]1C[C@@H]3COCC(=O)N3C1)C(=O)N1CCC[C@@](C3=CS3)(N1)C(=O)OCC(C)(C)C2. The summed E-state index contributed by atoms with van der Waals surface area (Å²) in [5.41, 5.74) is 8.33. The highest BCUT2D eigenvalue weighted by Gasteiger charge is 2.52. The van der Waals surface area contributed by atoms with Crippen LogP contribution in [-0.4, -0.2) is 130 Å². The summed E-state index contributed by atoms with van der Waals surface area (Å²) in [4.78, 5) is 80.1. The van der Waals surface area contributed by atoms with Gasteiger partial charge in [-0.05, 0) is 110 Å². The van der Waals surface area contributed by atoms with E-state index in [-0.39, 0.29) is 68.4 Å². The fraction of sp³-hybridized carbons (Fsp3) is 0.509. The number of morpholine rings is 1. The number of amides is 4. The van der Waals surface area contributed by atoms with Crippen LogP contribution >= 0.6 is 11.8 Å². The molecule has 0 spiro atoms. The number of ether oxygens (including phenoxy) is 3. The van der Waals surface area contributed by atoms with Gasteiger partial charge in [0.15, 0.2) is 5.54 Å². The number of phenolic OH excluding ortho intramolecular Hbond substituents is 1. The van der Waals surface area contributed by atoms with Crippen LogP contribution < -0.4 is 10.7 Å². The minimum atomic E-state index is -1.33. The predicted molar refractivity (Wildman–Crippen MR) is 266 cm³/mol. The number of cyclic esters (lactones) is 1. The van der Waals surface area contributed by atoms with Gasteiger partial charge in [0, 0.05) is 73.2 Å². The second-order valence-electron chi connectivity index (χ2n) is 20.7. The molecule has 70 heavy (non-hydrogen) atoms. The molecular weight excluding hydrogens is 911 g/mol. The number of pyridine rings is 1. The van der Waals surface area contributed by atoms with Crippen molar-refractivity contribution < 1.29 is 43.3 Å². The average Bonchev–Trinajstić information content (AvgIpc) is 4.04. The number of methoxy groups -OCH3 is 1. The molecule has 0 saturated carbocycles. The molecule has 0 unspecified atom stereocenters. The number of hydrogen-bond acceptors (Lipinski definition) is 12. The minimum absolute atomic E-state index is 0.0149. The number of fused-ring (bicyclic) bond motifs is 7. The number of carbonyl (C=O) groups is 5. The molecule has 5 aliphatic heterocycles. The number of hydrogen-bond donors (Lipinski definition) is 3. The Balaban J connectivity index is 1.13. The number of esters is 1. The molecule has 372 valence electrons. The van der Waals surface area contributed by atoms with E-state index in [1.807, 2.05) is 44.4 Å². The summed E-state index contributed by atoms with van der Waals surface area (Å²) >= 11 is 1.43. The Hall–Kier alpha value is -5.75. The van der Waals surface area contributed by atoms with Crippen molar-refractivity contribution in [3.8, 4) is 28.1 Å². The van der Waals surface area contributed by atoms with Gasteiger partial charge in [-0.3, -0.25) is 29.2 Å². The Morgan fingerprint density at radius 1 is 1.10 bits per heavy atom. The van der Waals surface area contributed by atoms with Crippen LogP contribution in [0.1, 0.15) is 83.7 Å². The Kier molecular flexibility index (Phi) is 13.7. The van der Waals surface area contributed by atoms with E-state index in [9.17, 15) is 24.3 Å². The summed E-state index contributed by atoms with van der Waals surface area (Å²) in [6.45, 7) is 13.5. The largest absolute Gasteiger partial charge is 0.508 e. The van der Waals surface area contributed by atoms with Gasteiger partial charge in [-0.1, -0.05) is 51.6 Å². The number of aromatic hydroxyl groups is 1. The van der Waals surface area contributed by atoms with E-state index in [2.05, 4.69) is 54.3 Å². The smallest absolute Gasteiger partial charge is 0.333 e. The molecule has 17 heteroatoms. The highest BCUT2D eigenvalue weighted by Crippen LogP contribution is 2.48. The second kappa shape index (κ2) is 19.5. The van der Waals surface area contributed by atoms with Gasteiger partial charge in [-0.25, -0.2) is 10.2 Å². The lowest BCUT2D eigenvalue weighted by Crippen LogP contribution is -2.67. The molecule has 9 rings (SSSR count). The van der Waals surface area contributed by atoms with Crippen LogP contribution in [-0.2, 0) is 57.6 Å². The maximum atomic E-state index is 15.1. The molecule has 3 fully saturated rings. The number of nitrogens with zero attached hydrogens (tertiary/aromatic N) is 5. The Labute approximate surface area is 413 Å². The first-order chi connectivity index (χ1) is 33.4. The number of phenols is 1. The number of nitrogens with one attached hydrogen (secondary N) is 2. The molecule has 0 aliphatic carbocycles. The molecule has 3 saturated heterocycles. The van der Waals surface area contributed by atoms with Crippen LogP contribution in [0, 0.1) is 17.3 Å². The molecule has 6 atom stereocenters. The van der Waals surface area contributed by atoms with Crippen LogP contribution in [0.3, 0.4) is 0 Å². The summed E-state index contributed by atoms with van der Waals surface area (Å²) in [6, 6.07) is 13.1. The third-order valence-corrected chi connectivity index (χ3v) is 15.6. The highest BCUT2D eigenvalue weighted by molar-refractivity contribution is 8.12. The highest BCUT2D eigenvalue weighted by atomic mass is 32.2. The zero-order valence-corrected chi connectivity index (χ0v) is 42.2. The van der Waals surface area contributed by atoms with Crippen LogP contribution in [0.2, 0.25) is 0 Å². The summed E-state index contributed by atoms with van der Waals surface area (Å²) in [6.07, 6.45) is 3.28. The van der Waals surface area contributed by atoms with Gasteiger partial charge in [-0.15, -0.1) is 0 Å². The van der Waals surface area contributed by atoms with Gasteiger partial charge in [0.1, 0.15) is 24.4 Å². The molecule has 2 aromatic carbocycles. The lowest BCUT2D eigenvalue weighted by molar-refractivity contribution is -0.160. The quantitative estimate of drug-likeness (QED) is 0.155. The molecule has 3 N–H and O–H groups in total. The molecule has 0 radical (unpaired) electrons. The fourth-order valence-electron chi connectivity index (χ4n) is 11.2. The molecule has 2 aromatic heterocycles. The van der Waals surface area contributed by atoms with E-state index in [1.54, 1.807) is 37.4 Å². The number of aromatic nitrogens is 2. The third-order valence-electron chi connectivity index (χ3n) is 14.7. The van der Waals surface area contributed by atoms with E-state index in [1.165, 1.54) is 21.7 Å². The van der Waals surface area contributed by atoms with Crippen molar-refractivity contribution in [2.45, 2.75) is 110 Å². The zero-order chi connectivity index (χ0) is 49.8. The zero-order valence-electron chi connectivity index (χ0n) is 41.4. The van der Waals surface area contributed by atoms with Gasteiger partial charge in [0.2, 0.25) is 17.7 Å². The molecule has 6 bridgehead atoms. The first-order valence-electron chi connectivity index (χ1n) is 24.5. The summed E-state index contributed by atoms with van der Waals surface area (Å²) in [5.74, 6) is -2.82. The minimum Gasteiger partial charge on any atom is -0.508 e. The van der Waals surface area contributed by atoms with Crippen LogP contribution in [0.4, 0.5) is 0 Å². The Bertz CT molecular complexity index is 2770. The van der Waals surface area contributed by atoms with Crippen LogP contribution in [0.15, 0.2) is 65.0 Å². The van der Waals surface area contributed by atoms with Gasteiger partial charge >= 0.3 is 5.97 Å². The summed E-state index contributed by atoms with van der Waals surface area (Å²) in [7, 11) is 3.27. The lowest BCUT2D eigenvalue weighted by atomic mass is 9.83. The first kappa shape index (κ1) is 49.2. The van der Waals surface area contributed by atoms with Crippen molar-refractivity contribution in [3.63, 3.8) is 0 Å². The van der Waals surface area contributed by atoms with E-state index in [4.69, 9.17) is 19.2 Å². The normalized spacial score (nSPS) is 24.4. The topological polar surface area (TPSA) is 185 Å². The number of hydrazine groups is 1. The number of carbonyl (C=O) groups excluding carboxylic acids is 5. The molecule has 4 amide bonds. The van der Waals surface area contributed by atoms with Crippen molar-refractivity contribution in [1.82, 2.24) is 35.1 Å². The molecule has 16 nitrogen and oxygen atoms in total. The van der Waals surface area contributed by atoms with Gasteiger partial charge < -0.3 is 39.0 Å². The van der Waals surface area contributed by atoms with Crippen molar-refractivity contribution in [3.05, 3.63) is 81.9 Å². The van der Waals surface area contributed by atoms with Crippen LogP contribution in [0.25, 0.3) is 33.3 Å². The lowest BCUT2D eigenvalue weighted by Gasteiger charge is -2.42.